The lowest BCUT2D eigenvalue weighted by molar-refractivity contribution is -0.161. The molecule has 0 spiro atoms. The van der Waals surface area contributed by atoms with Crippen LogP contribution in [0.1, 0.15) is 19.8 Å². The third-order valence-corrected chi connectivity index (χ3v) is 2.48. The van der Waals surface area contributed by atoms with Crippen LogP contribution >= 0.6 is 0 Å². The molecule has 0 saturated heterocycles. The lowest BCUT2D eigenvalue weighted by Gasteiger charge is -2.21. The van der Waals surface area contributed by atoms with Crippen LogP contribution in [0.2, 0.25) is 0 Å². The van der Waals surface area contributed by atoms with E-state index in [9.17, 15) is 18.0 Å². The number of halogens is 3. The van der Waals surface area contributed by atoms with E-state index in [0.29, 0.717) is 12.8 Å². The van der Waals surface area contributed by atoms with Gasteiger partial charge in [-0.3, -0.25) is 4.79 Å². The Labute approximate surface area is 79.8 Å². The highest BCUT2D eigenvalue weighted by Crippen LogP contribution is 2.45. The molecule has 3 N–H and O–H groups in total. The molecule has 3 nitrogen and oxygen atoms in total. The third-order valence-electron chi connectivity index (χ3n) is 2.48. The first-order valence-corrected chi connectivity index (χ1v) is 4.37. The first-order chi connectivity index (χ1) is 6.29. The maximum Gasteiger partial charge on any atom is 0.409 e. The van der Waals surface area contributed by atoms with Crippen LogP contribution in [0, 0.1) is 5.41 Å². The number of nitrogens with one attached hydrogen (secondary N) is 1. The maximum absolute atomic E-state index is 12.2. The molecule has 1 atom stereocenters. The molecule has 0 heterocycles. The number of amides is 1. The summed E-state index contributed by atoms with van der Waals surface area (Å²) >= 11 is 0. The van der Waals surface area contributed by atoms with E-state index in [0.717, 1.165) is 0 Å². The average molecular weight is 210 g/mol. The standard InChI is InChI=1S/C8H13F3N2O/c1-7(2-3-7)6(14)13-5(4-12)8(9,10)11/h5H,2-4,12H2,1H3,(H,13,14). The number of nitrogens with two attached hydrogens (primary N) is 1. The lowest BCUT2D eigenvalue weighted by Crippen LogP contribution is -2.51. The molecule has 1 saturated carbocycles. The topological polar surface area (TPSA) is 55.1 Å². The Morgan fingerprint density at radius 3 is 2.36 bits per heavy atom. The van der Waals surface area contributed by atoms with Gasteiger partial charge in [-0.15, -0.1) is 0 Å². The summed E-state index contributed by atoms with van der Waals surface area (Å²) in [5.41, 5.74) is 4.34. The average Bonchev–Trinajstić information content (AvgIpc) is 2.78. The van der Waals surface area contributed by atoms with Gasteiger partial charge >= 0.3 is 6.18 Å². The van der Waals surface area contributed by atoms with Crippen molar-refractivity contribution in [2.75, 3.05) is 6.54 Å². The molecule has 1 rings (SSSR count). The molecule has 14 heavy (non-hydrogen) atoms. The normalized spacial score (nSPS) is 21.5. The Morgan fingerprint density at radius 1 is 1.57 bits per heavy atom. The number of carbonyl (C=O) groups excluding carboxylic acids is 1. The van der Waals surface area contributed by atoms with Gasteiger partial charge in [-0.1, -0.05) is 6.92 Å². The smallest absolute Gasteiger partial charge is 0.343 e. The number of hydrogen-bond donors (Lipinski definition) is 2. The van der Waals surface area contributed by atoms with Gasteiger partial charge in [0.15, 0.2) is 0 Å². The van der Waals surface area contributed by atoms with E-state index in [-0.39, 0.29) is 0 Å². The Morgan fingerprint density at radius 2 is 2.07 bits per heavy atom. The van der Waals surface area contributed by atoms with Crippen LogP contribution in [0.4, 0.5) is 13.2 Å². The van der Waals surface area contributed by atoms with Gasteiger partial charge in [-0.05, 0) is 12.8 Å². The molecule has 1 amide bonds. The van der Waals surface area contributed by atoms with Crippen LogP contribution in [0.25, 0.3) is 0 Å². The quantitative estimate of drug-likeness (QED) is 0.723. The van der Waals surface area contributed by atoms with Crippen molar-refractivity contribution < 1.29 is 18.0 Å². The van der Waals surface area contributed by atoms with Gasteiger partial charge in [-0.25, -0.2) is 0 Å². The van der Waals surface area contributed by atoms with Crippen LogP contribution < -0.4 is 11.1 Å². The number of rotatable bonds is 3. The summed E-state index contributed by atoms with van der Waals surface area (Å²) in [5.74, 6) is -0.551. The van der Waals surface area contributed by atoms with E-state index in [2.05, 4.69) is 0 Å². The van der Waals surface area contributed by atoms with Crippen LogP contribution in [0.3, 0.4) is 0 Å². The summed E-state index contributed by atoms with van der Waals surface area (Å²) in [7, 11) is 0. The summed E-state index contributed by atoms with van der Waals surface area (Å²) < 4.78 is 36.6. The molecule has 1 unspecified atom stereocenters. The van der Waals surface area contributed by atoms with Gasteiger partial charge in [-0.2, -0.15) is 13.2 Å². The van der Waals surface area contributed by atoms with E-state index in [1.54, 1.807) is 6.92 Å². The van der Waals surface area contributed by atoms with Crippen LogP contribution in [-0.4, -0.2) is 24.7 Å². The highest BCUT2D eigenvalue weighted by Gasteiger charge is 2.48. The van der Waals surface area contributed by atoms with Gasteiger partial charge in [0.05, 0.1) is 0 Å². The Balaban J connectivity index is 2.53. The minimum atomic E-state index is -4.46. The van der Waals surface area contributed by atoms with Crippen molar-refractivity contribution in [2.24, 2.45) is 11.1 Å². The minimum absolute atomic E-state index is 0.551. The summed E-state index contributed by atoms with van der Waals surface area (Å²) in [6.07, 6.45) is -3.17. The molecule has 0 aromatic carbocycles. The molecule has 0 aromatic heterocycles. The first-order valence-electron chi connectivity index (χ1n) is 4.37. The number of carbonyl (C=O) groups is 1. The Hall–Kier alpha value is -0.780. The van der Waals surface area contributed by atoms with Crippen molar-refractivity contribution >= 4 is 5.91 Å². The molecule has 1 aliphatic carbocycles. The van der Waals surface area contributed by atoms with Gasteiger partial charge < -0.3 is 11.1 Å². The molecule has 6 heteroatoms. The third kappa shape index (κ3) is 2.37. The SMILES string of the molecule is CC1(C(=O)NC(CN)C(F)(F)F)CC1. The monoisotopic (exact) mass is 210 g/mol. The van der Waals surface area contributed by atoms with Gasteiger partial charge in [0.25, 0.3) is 0 Å². The molecule has 1 aliphatic rings. The second-order valence-corrected chi connectivity index (χ2v) is 3.86. The maximum atomic E-state index is 12.2. The van der Waals surface area contributed by atoms with Gasteiger partial charge in [0, 0.05) is 12.0 Å². The van der Waals surface area contributed by atoms with Gasteiger partial charge in [0.1, 0.15) is 6.04 Å². The fourth-order valence-corrected chi connectivity index (χ4v) is 1.02. The number of hydrogen-bond acceptors (Lipinski definition) is 2. The van der Waals surface area contributed by atoms with E-state index in [1.807, 2.05) is 5.32 Å². The summed E-state index contributed by atoms with van der Waals surface area (Å²) in [6.45, 7) is 1.03. The zero-order valence-electron chi connectivity index (χ0n) is 7.82. The Kier molecular flexibility index (Phi) is 2.76. The van der Waals surface area contributed by atoms with E-state index >= 15 is 0 Å². The van der Waals surface area contributed by atoms with Crippen molar-refractivity contribution in [1.82, 2.24) is 5.32 Å². The highest BCUT2D eigenvalue weighted by atomic mass is 19.4. The second-order valence-electron chi connectivity index (χ2n) is 3.86. The lowest BCUT2D eigenvalue weighted by atomic mass is 10.1. The molecular weight excluding hydrogens is 197 g/mol. The molecule has 0 aromatic rings. The minimum Gasteiger partial charge on any atom is -0.343 e. The van der Waals surface area contributed by atoms with Gasteiger partial charge in [0.2, 0.25) is 5.91 Å². The van der Waals surface area contributed by atoms with Crippen LogP contribution in [0.5, 0.6) is 0 Å². The number of alkyl halides is 3. The summed E-state index contributed by atoms with van der Waals surface area (Å²) in [6, 6.07) is -1.92. The Bertz CT molecular complexity index is 235. The molecule has 1 fully saturated rings. The van der Waals surface area contributed by atoms with E-state index < -0.39 is 30.1 Å². The van der Waals surface area contributed by atoms with Crippen molar-refractivity contribution in [1.29, 1.82) is 0 Å². The molecule has 0 bridgehead atoms. The van der Waals surface area contributed by atoms with Crippen LogP contribution in [-0.2, 0) is 4.79 Å². The summed E-state index contributed by atoms with van der Waals surface area (Å²) in [5, 5.41) is 1.92. The zero-order chi connectivity index (χ0) is 11.0. The fourth-order valence-electron chi connectivity index (χ4n) is 1.02. The van der Waals surface area contributed by atoms with Crippen molar-refractivity contribution in [3.8, 4) is 0 Å². The highest BCUT2D eigenvalue weighted by molar-refractivity contribution is 5.85. The van der Waals surface area contributed by atoms with Crippen molar-refractivity contribution in [3.63, 3.8) is 0 Å². The molecule has 0 radical (unpaired) electrons. The summed E-state index contributed by atoms with van der Waals surface area (Å²) in [4.78, 5) is 11.3. The molecule has 0 aliphatic heterocycles. The molecule has 82 valence electrons. The molecular formula is C8H13F3N2O. The van der Waals surface area contributed by atoms with Crippen molar-refractivity contribution in [2.45, 2.75) is 32.0 Å². The second kappa shape index (κ2) is 3.42. The largest absolute Gasteiger partial charge is 0.409 e. The predicted octanol–water partition coefficient (Wildman–Crippen LogP) is 0.792. The van der Waals surface area contributed by atoms with Crippen LogP contribution in [0.15, 0.2) is 0 Å². The fraction of sp³-hybridized carbons (Fsp3) is 0.875. The predicted molar refractivity (Wildman–Crippen MR) is 44.4 cm³/mol. The van der Waals surface area contributed by atoms with E-state index in [4.69, 9.17) is 5.73 Å². The first kappa shape index (κ1) is 11.3. The van der Waals surface area contributed by atoms with Crippen molar-refractivity contribution in [3.05, 3.63) is 0 Å². The zero-order valence-corrected chi connectivity index (χ0v) is 7.82. The van der Waals surface area contributed by atoms with E-state index in [1.165, 1.54) is 0 Å².